The van der Waals surface area contributed by atoms with Crippen molar-refractivity contribution >= 4 is 15.7 Å². The summed E-state index contributed by atoms with van der Waals surface area (Å²) in [4.78, 5) is 7.87. The number of aromatic hydroxyl groups is 1. The fourth-order valence-electron chi connectivity index (χ4n) is 2.48. The number of nitrogens with zero attached hydrogens (tertiary/aromatic N) is 4. The number of hydrogen-bond acceptors (Lipinski definition) is 7. The van der Waals surface area contributed by atoms with Crippen molar-refractivity contribution in [2.75, 3.05) is 0 Å². The van der Waals surface area contributed by atoms with Gasteiger partial charge in [-0.25, -0.2) is 18.1 Å². The van der Waals surface area contributed by atoms with Crippen LogP contribution < -0.4 is 4.72 Å². The first-order valence-corrected chi connectivity index (χ1v) is 9.03. The monoisotopic (exact) mass is 371 g/mol. The second-order valence-corrected chi connectivity index (χ2v) is 7.16. The van der Waals surface area contributed by atoms with Crippen LogP contribution in [0.5, 0.6) is 6.01 Å². The molecule has 1 aromatic carbocycles. The molecular weight excluding hydrogens is 358 g/mol. The molecule has 9 nitrogen and oxygen atoms in total. The third-order valence-electron chi connectivity index (χ3n) is 3.78. The van der Waals surface area contributed by atoms with Crippen LogP contribution in [0.2, 0.25) is 0 Å². The molecule has 0 aliphatic rings. The van der Waals surface area contributed by atoms with Gasteiger partial charge in [-0.15, -0.1) is 0 Å². The Bertz CT molecular complexity index is 1150. The zero-order chi connectivity index (χ0) is 18.1. The van der Waals surface area contributed by atoms with E-state index in [1.165, 1.54) is 35.4 Å². The van der Waals surface area contributed by atoms with Crippen LogP contribution in [0, 0.1) is 0 Å². The van der Waals surface area contributed by atoms with E-state index in [0.717, 1.165) is 0 Å². The van der Waals surface area contributed by atoms with E-state index in [9.17, 15) is 13.5 Å². The maximum Gasteiger partial charge on any atom is 0.318 e. The highest BCUT2D eigenvalue weighted by atomic mass is 32.2. The first-order chi connectivity index (χ1) is 12.5. The Balaban J connectivity index is 1.61. The van der Waals surface area contributed by atoms with Gasteiger partial charge in [0.1, 0.15) is 12.1 Å². The molecule has 0 spiro atoms. The molecular formula is C16H13N5O4S. The Labute approximate surface area is 148 Å². The van der Waals surface area contributed by atoms with Gasteiger partial charge in [0.05, 0.1) is 23.9 Å². The molecule has 3 heterocycles. The van der Waals surface area contributed by atoms with Gasteiger partial charge in [-0.2, -0.15) is 14.6 Å². The maximum absolute atomic E-state index is 12.4. The predicted molar refractivity (Wildman–Crippen MR) is 90.6 cm³/mol. The van der Waals surface area contributed by atoms with Crippen LogP contribution >= 0.6 is 0 Å². The van der Waals surface area contributed by atoms with Crippen LogP contribution in [0.1, 0.15) is 5.76 Å². The van der Waals surface area contributed by atoms with Crippen molar-refractivity contribution in [1.82, 2.24) is 24.3 Å². The molecule has 0 saturated heterocycles. The second kappa shape index (κ2) is 6.24. The molecule has 3 aromatic heterocycles. The van der Waals surface area contributed by atoms with Crippen molar-refractivity contribution in [2.45, 2.75) is 11.4 Å². The van der Waals surface area contributed by atoms with Crippen molar-refractivity contribution < 1.29 is 17.9 Å². The summed E-state index contributed by atoms with van der Waals surface area (Å²) >= 11 is 0. The van der Waals surface area contributed by atoms with Gasteiger partial charge in [-0.1, -0.05) is 12.1 Å². The van der Waals surface area contributed by atoms with E-state index in [2.05, 4.69) is 19.8 Å². The van der Waals surface area contributed by atoms with E-state index in [4.69, 9.17) is 4.42 Å². The number of aromatic nitrogens is 4. The highest BCUT2D eigenvalue weighted by Crippen LogP contribution is 2.25. The molecule has 26 heavy (non-hydrogen) atoms. The van der Waals surface area contributed by atoms with Gasteiger partial charge in [0.25, 0.3) is 0 Å². The topological polar surface area (TPSA) is 123 Å². The lowest BCUT2D eigenvalue weighted by Crippen LogP contribution is -2.22. The van der Waals surface area contributed by atoms with Crippen LogP contribution in [0.15, 0.2) is 64.5 Å². The Kier molecular flexibility index (Phi) is 3.90. The molecule has 0 aliphatic heterocycles. The summed E-state index contributed by atoms with van der Waals surface area (Å²) in [7, 11) is -3.67. The van der Waals surface area contributed by atoms with Gasteiger partial charge in [0.15, 0.2) is 5.65 Å². The van der Waals surface area contributed by atoms with Crippen LogP contribution in [-0.2, 0) is 16.6 Å². The molecule has 0 fully saturated rings. The van der Waals surface area contributed by atoms with Gasteiger partial charge in [-0.05, 0) is 29.8 Å². The molecule has 4 aromatic rings. The molecule has 0 unspecified atom stereocenters. The molecule has 0 amide bonds. The Hall–Kier alpha value is -3.24. The minimum atomic E-state index is -3.67. The van der Waals surface area contributed by atoms with Crippen molar-refractivity contribution in [1.29, 1.82) is 0 Å². The fraction of sp³-hybridized carbons (Fsp3) is 0.0625. The van der Waals surface area contributed by atoms with Crippen molar-refractivity contribution in [3.63, 3.8) is 0 Å². The fourth-order valence-corrected chi connectivity index (χ4v) is 3.48. The van der Waals surface area contributed by atoms with E-state index >= 15 is 0 Å². The molecule has 132 valence electrons. The van der Waals surface area contributed by atoms with E-state index in [1.807, 2.05) is 0 Å². The zero-order valence-electron chi connectivity index (χ0n) is 13.3. The van der Waals surface area contributed by atoms with Crippen molar-refractivity contribution in [3.8, 4) is 17.1 Å². The Morgan fingerprint density at radius 3 is 2.69 bits per heavy atom. The molecule has 0 atom stereocenters. The van der Waals surface area contributed by atoms with E-state index in [1.54, 1.807) is 24.3 Å². The van der Waals surface area contributed by atoms with Gasteiger partial charge in [0, 0.05) is 5.56 Å². The SMILES string of the molecule is O=S(=O)(NCc1ccco1)c1ccc(-c2cnn3c(O)ncnc23)cc1. The first-order valence-electron chi connectivity index (χ1n) is 7.55. The summed E-state index contributed by atoms with van der Waals surface area (Å²) in [6, 6.07) is 9.39. The van der Waals surface area contributed by atoms with Crippen molar-refractivity contribution in [2.24, 2.45) is 0 Å². The van der Waals surface area contributed by atoms with E-state index in [0.29, 0.717) is 22.5 Å². The third kappa shape index (κ3) is 2.91. The summed E-state index contributed by atoms with van der Waals surface area (Å²) in [5, 5.41) is 13.7. The minimum absolute atomic E-state index is 0.0708. The predicted octanol–water partition coefficient (Wildman–Crippen LogP) is 1.57. The van der Waals surface area contributed by atoms with Gasteiger partial charge >= 0.3 is 6.01 Å². The summed E-state index contributed by atoms with van der Waals surface area (Å²) in [6.45, 7) is 0.0708. The lowest BCUT2D eigenvalue weighted by molar-refractivity contribution is 0.411. The number of fused-ring (bicyclic) bond motifs is 1. The van der Waals surface area contributed by atoms with Gasteiger partial charge in [0.2, 0.25) is 10.0 Å². The Morgan fingerprint density at radius 2 is 1.96 bits per heavy atom. The van der Waals surface area contributed by atoms with Crippen LogP contribution in [0.3, 0.4) is 0 Å². The lowest BCUT2D eigenvalue weighted by Gasteiger charge is -2.06. The van der Waals surface area contributed by atoms with Gasteiger partial charge < -0.3 is 9.52 Å². The molecule has 0 radical (unpaired) electrons. The first kappa shape index (κ1) is 16.2. The molecule has 0 bridgehead atoms. The smallest absolute Gasteiger partial charge is 0.318 e. The van der Waals surface area contributed by atoms with Crippen LogP contribution in [-0.4, -0.2) is 33.1 Å². The van der Waals surface area contributed by atoms with E-state index in [-0.39, 0.29) is 17.5 Å². The second-order valence-electron chi connectivity index (χ2n) is 5.40. The van der Waals surface area contributed by atoms with Crippen molar-refractivity contribution in [3.05, 3.63) is 60.9 Å². The van der Waals surface area contributed by atoms with Crippen LogP contribution in [0.4, 0.5) is 0 Å². The number of benzene rings is 1. The quantitative estimate of drug-likeness (QED) is 0.546. The molecule has 0 aliphatic carbocycles. The average molecular weight is 371 g/mol. The Morgan fingerprint density at radius 1 is 1.15 bits per heavy atom. The number of nitrogens with one attached hydrogen (secondary N) is 1. The molecule has 2 N–H and O–H groups in total. The summed E-state index contributed by atoms with van der Waals surface area (Å²) in [5.74, 6) is 0.524. The minimum Gasteiger partial charge on any atom is -0.479 e. The third-order valence-corrected chi connectivity index (χ3v) is 5.20. The zero-order valence-corrected chi connectivity index (χ0v) is 14.1. The highest BCUT2D eigenvalue weighted by Gasteiger charge is 2.16. The highest BCUT2D eigenvalue weighted by molar-refractivity contribution is 7.89. The maximum atomic E-state index is 12.4. The number of rotatable bonds is 5. The summed E-state index contributed by atoms with van der Waals surface area (Å²) < 4.78 is 33.5. The summed E-state index contributed by atoms with van der Waals surface area (Å²) in [6.07, 6.45) is 4.24. The molecule has 10 heteroatoms. The van der Waals surface area contributed by atoms with Crippen LogP contribution in [0.25, 0.3) is 16.8 Å². The number of furan rings is 1. The lowest BCUT2D eigenvalue weighted by atomic mass is 10.1. The molecule has 4 rings (SSSR count). The summed E-state index contributed by atoms with van der Waals surface area (Å²) in [5.41, 5.74) is 1.78. The van der Waals surface area contributed by atoms with Gasteiger partial charge in [-0.3, -0.25) is 0 Å². The number of hydrogen-bond donors (Lipinski definition) is 2. The van der Waals surface area contributed by atoms with E-state index < -0.39 is 10.0 Å². The molecule has 0 saturated carbocycles. The average Bonchev–Trinajstić information content (AvgIpc) is 3.31. The largest absolute Gasteiger partial charge is 0.479 e. The number of sulfonamides is 1. The standard InChI is InChI=1S/C16H13N5O4S/c22-16-18-10-17-15-14(9-19-21(15)16)11-3-5-13(6-4-11)26(23,24)20-8-12-2-1-7-25-12/h1-7,9-10,20H,8H2,(H,17,18,22). The normalized spacial score (nSPS) is 11.8.